The van der Waals surface area contributed by atoms with E-state index in [0.29, 0.717) is 24.9 Å². The number of amides is 1. The third-order valence-electron chi connectivity index (χ3n) is 4.08. The molecule has 0 radical (unpaired) electrons. The number of hydrogen-bond acceptors (Lipinski definition) is 7. The number of thioether (sulfide) groups is 1. The Kier molecular flexibility index (Phi) is 5.39. The number of nitrogens with two attached hydrogens (primary N) is 1. The summed E-state index contributed by atoms with van der Waals surface area (Å²) in [6.45, 7) is 6.25. The smallest absolute Gasteiger partial charge is 0.230 e. The fraction of sp³-hybridized carbons (Fsp3) is 0.786. The van der Waals surface area contributed by atoms with E-state index in [4.69, 9.17) is 15.2 Å². The maximum atomic E-state index is 11.4. The fourth-order valence-electron chi connectivity index (χ4n) is 2.73. The lowest BCUT2D eigenvalue weighted by Crippen LogP contribution is -2.38. The number of rotatable bonds is 6. The lowest BCUT2D eigenvalue weighted by atomic mass is 10.2. The lowest BCUT2D eigenvalue weighted by Gasteiger charge is -2.28. The standard InChI is InChI=1S/C14H23N5O3S/c1-10(12(15)20)23-14-17-16-13(18-4-7-21-8-5-18)19(14)9-11-3-2-6-22-11/h10-11H,2-9H2,1H3,(H2,15,20)/t10-,11-/m0/s1. The van der Waals surface area contributed by atoms with Crippen molar-refractivity contribution in [2.24, 2.45) is 5.73 Å². The molecule has 2 atom stereocenters. The van der Waals surface area contributed by atoms with Crippen LogP contribution in [0.15, 0.2) is 5.16 Å². The van der Waals surface area contributed by atoms with E-state index in [9.17, 15) is 4.79 Å². The molecule has 0 aliphatic carbocycles. The molecule has 2 N–H and O–H groups in total. The monoisotopic (exact) mass is 341 g/mol. The van der Waals surface area contributed by atoms with Crippen LogP contribution in [0.1, 0.15) is 19.8 Å². The molecule has 2 saturated heterocycles. The zero-order chi connectivity index (χ0) is 16.2. The zero-order valence-corrected chi connectivity index (χ0v) is 14.1. The second-order valence-electron chi connectivity index (χ2n) is 5.79. The topological polar surface area (TPSA) is 95.5 Å². The van der Waals surface area contributed by atoms with Gasteiger partial charge in [0.05, 0.1) is 31.1 Å². The van der Waals surface area contributed by atoms with E-state index in [1.54, 1.807) is 6.92 Å². The SMILES string of the molecule is C[C@H](Sc1nnc(N2CCOCC2)n1C[C@@H]1CCCO1)C(N)=O. The Morgan fingerprint density at radius 1 is 1.39 bits per heavy atom. The van der Waals surface area contributed by atoms with E-state index in [-0.39, 0.29) is 17.3 Å². The minimum Gasteiger partial charge on any atom is -0.378 e. The number of primary amides is 1. The van der Waals surface area contributed by atoms with Crippen LogP contribution in [-0.4, -0.2) is 64.9 Å². The van der Waals surface area contributed by atoms with Gasteiger partial charge in [-0.25, -0.2) is 0 Å². The normalized spacial score (nSPS) is 23.2. The molecule has 128 valence electrons. The fourth-order valence-corrected chi connectivity index (χ4v) is 3.54. The van der Waals surface area contributed by atoms with Crippen molar-refractivity contribution in [3.63, 3.8) is 0 Å². The molecule has 0 aromatic carbocycles. The van der Waals surface area contributed by atoms with Crippen LogP contribution >= 0.6 is 11.8 Å². The van der Waals surface area contributed by atoms with Gasteiger partial charge in [-0.3, -0.25) is 9.36 Å². The molecular weight excluding hydrogens is 318 g/mol. The van der Waals surface area contributed by atoms with E-state index in [1.807, 2.05) is 0 Å². The number of aromatic nitrogens is 3. The van der Waals surface area contributed by atoms with Crippen LogP contribution in [0.2, 0.25) is 0 Å². The second-order valence-corrected chi connectivity index (χ2v) is 7.10. The third kappa shape index (κ3) is 3.96. The number of hydrogen-bond donors (Lipinski definition) is 1. The van der Waals surface area contributed by atoms with Crippen LogP contribution < -0.4 is 10.6 Å². The molecule has 0 saturated carbocycles. The van der Waals surface area contributed by atoms with E-state index in [1.165, 1.54) is 11.8 Å². The van der Waals surface area contributed by atoms with Crippen LogP contribution in [0, 0.1) is 0 Å². The Hall–Kier alpha value is -1.32. The van der Waals surface area contributed by atoms with Crippen LogP contribution in [0.25, 0.3) is 0 Å². The number of carbonyl (C=O) groups is 1. The van der Waals surface area contributed by atoms with Gasteiger partial charge in [-0.15, -0.1) is 10.2 Å². The van der Waals surface area contributed by atoms with Crippen molar-refractivity contribution in [1.29, 1.82) is 0 Å². The zero-order valence-electron chi connectivity index (χ0n) is 13.3. The van der Waals surface area contributed by atoms with Gasteiger partial charge in [0.15, 0.2) is 5.16 Å². The lowest BCUT2D eigenvalue weighted by molar-refractivity contribution is -0.117. The van der Waals surface area contributed by atoms with Gasteiger partial charge in [0.1, 0.15) is 0 Å². The van der Waals surface area contributed by atoms with Crippen molar-refractivity contribution < 1.29 is 14.3 Å². The molecule has 23 heavy (non-hydrogen) atoms. The Morgan fingerprint density at radius 2 is 2.17 bits per heavy atom. The average Bonchev–Trinajstić information content (AvgIpc) is 3.19. The third-order valence-corrected chi connectivity index (χ3v) is 5.18. The number of carbonyl (C=O) groups excluding carboxylic acids is 1. The molecule has 1 aromatic rings. The van der Waals surface area contributed by atoms with E-state index >= 15 is 0 Å². The van der Waals surface area contributed by atoms with Crippen molar-refractivity contribution in [3.8, 4) is 0 Å². The quantitative estimate of drug-likeness (QED) is 0.742. The summed E-state index contributed by atoms with van der Waals surface area (Å²) in [4.78, 5) is 13.5. The summed E-state index contributed by atoms with van der Waals surface area (Å²) in [5.74, 6) is 0.470. The van der Waals surface area contributed by atoms with Crippen LogP contribution in [0.3, 0.4) is 0 Å². The highest BCUT2D eigenvalue weighted by Gasteiger charge is 2.26. The first-order valence-electron chi connectivity index (χ1n) is 7.98. The Balaban J connectivity index is 1.82. The van der Waals surface area contributed by atoms with Gasteiger partial charge in [-0.2, -0.15) is 0 Å². The molecule has 3 rings (SSSR count). The molecule has 3 heterocycles. The number of morpholine rings is 1. The minimum absolute atomic E-state index is 0.175. The molecule has 9 heteroatoms. The molecule has 1 aromatic heterocycles. The summed E-state index contributed by atoms with van der Waals surface area (Å²) in [7, 11) is 0. The molecular formula is C14H23N5O3S. The van der Waals surface area contributed by atoms with E-state index < -0.39 is 0 Å². The van der Waals surface area contributed by atoms with Gasteiger partial charge in [0, 0.05) is 19.7 Å². The first-order valence-corrected chi connectivity index (χ1v) is 8.86. The highest BCUT2D eigenvalue weighted by Crippen LogP contribution is 2.28. The second kappa shape index (κ2) is 7.50. The number of ether oxygens (including phenoxy) is 2. The number of nitrogens with zero attached hydrogens (tertiary/aromatic N) is 4. The summed E-state index contributed by atoms with van der Waals surface area (Å²) in [5.41, 5.74) is 5.38. The summed E-state index contributed by atoms with van der Waals surface area (Å²) in [5, 5.41) is 9.00. The Labute approximate surface area is 139 Å². The summed E-state index contributed by atoms with van der Waals surface area (Å²) < 4.78 is 13.2. The van der Waals surface area contributed by atoms with Crippen LogP contribution in [0.5, 0.6) is 0 Å². The van der Waals surface area contributed by atoms with Gasteiger partial charge in [-0.05, 0) is 19.8 Å². The molecule has 2 aliphatic heterocycles. The highest BCUT2D eigenvalue weighted by atomic mass is 32.2. The average molecular weight is 341 g/mol. The summed E-state index contributed by atoms with van der Waals surface area (Å²) >= 11 is 1.35. The molecule has 1 amide bonds. The first kappa shape index (κ1) is 16.5. The predicted octanol–water partition coefficient (Wildman–Crippen LogP) is 0.260. The molecule has 0 bridgehead atoms. The molecule has 0 unspecified atom stereocenters. The Morgan fingerprint density at radius 3 is 2.83 bits per heavy atom. The van der Waals surface area contributed by atoms with Gasteiger partial charge < -0.3 is 20.1 Å². The Bertz CT molecular complexity index is 541. The van der Waals surface area contributed by atoms with Crippen LogP contribution in [-0.2, 0) is 20.8 Å². The van der Waals surface area contributed by atoms with Crippen molar-refractivity contribution in [1.82, 2.24) is 14.8 Å². The van der Waals surface area contributed by atoms with Gasteiger partial charge in [0.25, 0.3) is 0 Å². The van der Waals surface area contributed by atoms with Crippen molar-refractivity contribution >= 4 is 23.6 Å². The van der Waals surface area contributed by atoms with Gasteiger partial charge in [-0.1, -0.05) is 11.8 Å². The molecule has 0 spiro atoms. The molecule has 2 fully saturated rings. The van der Waals surface area contributed by atoms with Crippen molar-refractivity contribution in [2.75, 3.05) is 37.8 Å². The van der Waals surface area contributed by atoms with Gasteiger partial charge >= 0.3 is 0 Å². The summed E-state index contributed by atoms with van der Waals surface area (Å²) in [6.07, 6.45) is 2.30. The molecule has 2 aliphatic rings. The predicted molar refractivity (Wildman–Crippen MR) is 86.5 cm³/mol. The maximum Gasteiger partial charge on any atom is 0.230 e. The first-order chi connectivity index (χ1) is 11.1. The largest absolute Gasteiger partial charge is 0.378 e. The van der Waals surface area contributed by atoms with Crippen molar-refractivity contribution in [3.05, 3.63) is 0 Å². The summed E-state index contributed by atoms with van der Waals surface area (Å²) in [6, 6.07) is 0. The highest BCUT2D eigenvalue weighted by molar-refractivity contribution is 8.00. The minimum atomic E-state index is -0.352. The van der Waals surface area contributed by atoms with Crippen LogP contribution in [0.4, 0.5) is 5.95 Å². The van der Waals surface area contributed by atoms with Crippen molar-refractivity contribution in [2.45, 2.75) is 42.8 Å². The number of anilines is 1. The van der Waals surface area contributed by atoms with E-state index in [0.717, 1.165) is 38.5 Å². The molecule has 8 nitrogen and oxygen atoms in total. The maximum absolute atomic E-state index is 11.4. The van der Waals surface area contributed by atoms with E-state index in [2.05, 4.69) is 19.7 Å². The van der Waals surface area contributed by atoms with Gasteiger partial charge in [0.2, 0.25) is 11.9 Å².